The highest BCUT2D eigenvalue weighted by atomic mass is 35.5. The van der Waals surface area contributed by atoms with Gasteiger partial charge in [-0.15, -0.1) is 0 Å². The van der Waals surface area contributed by atoms with E-state index in [1.807, 2.05) is 6.07 Å². The summed E-state index contributed by atoms with van der Waals surface area (Å²) in [6.07, 6.45) is 3.25. The number of amides is 1. The highest BCUT2D eigenvalue weighted by Crippen LogP contribution is 2.21. The SMILES string of the molecule is O=C(NCCc1ccc(Cl)cc1Cl)c1cnc(Cl)cn1. The molecule has 1 aromatic heterocycles. The molecule has 0 atom stereocenters. The van der Waals surface area contributed by atoms with Crippen LogP contribution in [0.25, 0.3) is 0 Å². The number of hydrogen-bond acceptors (Lipinski definition) is 3. The highest BCUT2D eigenvalue weighted by Gasteiger charge is 2.08. The summed E-state index contributed by atoms with van der Waals surface area (Å²) in [6, 6.07) is 5.26. The third kappa shape index (κ3) is 4.07. The van der Waals surface area contributed by atoms with Crippen LogP contribution in [0.4, 0.5) is 0 Å². The van der Waals surface area contributed by atoms with E-state index in [1.54, 1.807) is 12.1 Å². The Morgan fingerprint density at radius 1 is 1.15 bits per heavy atom. The van der Waals surface area contributed by atoms with Gasteiger partial charge in [0, 0.05) is 16.6 Å². The first-order valence-electron chi connectivity index (χ1n) is 5.76. The number of carbonyl (C=O) groups is 1. The molecule has 2 rings (SSSR count). The van der Waals surface area contributed by atoms with Crippen molar-refractivity contribution in [2.24, 2.45) is 0 Å². The zero-order valence-corrected chi connectivity index (χ0v) is 12.5. The van der Waals surface area contributed by atoms with E-state index in [2.05, 4.69) is 15.3 Å². The minimum atomic E-state index is -0.306. The quantitative estimate of drug-likeness (QED) is 0.934. The van der Waals surface area contributed by atoms with E-state index < -0.39 is 0 Å². The van der Waals surface area contributed by atoms with Crippen LogP contribution in [0, 0.1) is 0 Å². The molecule has 0 aliphatic carbocycles. The Morgan fingerprint density at radius 2 is 1.95 bits per heavy atom. The fraction of sp³-hybridized carbons (Fsp3) is 0.154. The van der Waals surface area contributed by atoms with Crippen molar-refractivity contribution in [2.75, 3.05) is 6.54 Å². The van der Waals surface area contributed by atoms with Crippen LogP contribution >= 0.6 is 34.8 Å². The maximum absolute atomic E-state index is 11.8. The molecule has 0 bridgehead atoms. The number of benzene rings is 1. The van der Waals surface area contributed by atoms with Gasteiger partial charge in [-0.05, 0) is 24.1 Å². The van der Waals surface area contributed by atoms with E-state index in [0.29, 0.717) is 23.0 Å². The van der Waals surface area contributed by atoms with Crippen LogP contribution in [0.5, 0.6) is 0 Å². The molecule has 0 spiro atoms. The Balaban J connectivity index is 1.89. The lowest BCUT2D eigenvalue weighted by molar-refractivity contribution is 0.0949. The molecule has 0 aliphatic rings. The van der Waals surface area contributed by atoms with Gasteiger partial charge >= 0.3 is 0 Å². The third-order valence-corrected chi connectivity index (χ3v) is 3.33. The molecule has 0 fully saturated rings. The van der Waals surface area contributed by atoms with Crippen LogP contribution in [0.2, 0.25) is 15.2 Å². The molecule has 1 amide bonds. The minimum Gasteiger partial charge on any atom is -0.350 e. The lowest BCUT2D eigenvalue weighted by Gasteiger charge is -2.06. The van der Waals surface area contributed by atoms with E-state index in [4.69, 9.17) is 34.8 Å². The lowest BCUT2D eigenvalue weighted by atomic mass is 10.1. The van der Waals surface area contributed by atoms with Gasteiger partial charge < -0.3 is 5.32 Å². The lowest BCUT2D eigenvalue weighted by Crippen LogP contribution is -2.26. The van der Waals surface area contributed by atoms with E-state index >= 15 is 0 Å². The van der Waals surface area contributed by atoms with E-state index in [9.17, 15) is 4.79 Å². The Kier molecular flexibility index (Phi) is 5.17. The Bertz CT molecular complexity index is 617. The summed E-state index contributed by atoms with van der Waals surface area (Å²) in [5.41, 5.74) is 1.13. The fourth-order valence-electron chi connectivity index (χ4n) is 1.56. The van der Waals surface area contributed by atoms with Gasteiger partial charge in [-0.3, -0.25) is 4.79 Å². The van der Waals surface area contributed by atoms with E-state index in [1.165, 1.54) is 12.4 Å². The van der Waals surface area contributed by atoms with Crippen molar-refractivity contribution in [1.29, 1.82) is 0 Å². The van der Waals surface area contributed by atoms with Crippen molar-refractivity contribution in [3.05, 3.63) is 57.0 Å². The molecule has 1 heterocycles. The molecule has 20 heavy (non-hydrogen) atoms. The van der Waals surface area contributed by atoms with Crippen molar-refractivity contribution in [3.63, 3.8) is 0 Å². The van der Waals surface area contributed by atoms with Gasteiger partial charge in [0.05, 0.1) is 12.4 Å². The van der Waals surface area contributed by atoms with Crippen molar-refractivity contribution in [2.45, 2.75) is 6.42 Å². The molecule has 0 unspecified atom stereocenters. The number of nitrogens with zero attached hydrogens (tertiary/aromatic N) is 2. The van der Waals surface area contributed by atoms with Gasteiger partial charge in [0.2, 0.25) is 0 Å². The number of aromatic nitrogens is 2. The fourth-order valence-corrected chi connectivity index (χ4v) is 2.16. The molecule has 104 valence electrons. The summed E-state index contributed by atoms with van der Waals surface area (Å²) in [4.78, 5) is 19.5. The molecule has 1 aromatic carbocycles. The Morgan fingerprint density at radius 3 is 2.60 bits per heavy atom. The summed E-state index contributed by atoms with van der Waals surface area (Å²) in [5, 5.41) is 4.14. The van der Waals surface area contributed by atoms with Crippen LogP contribution in [-0.2, 0) is 6.42 Å². The summed E-state index contributed by atoms with van der Waals surface area (Å²) < 4.78 is 0. The second-order valence-electron chi connectivity index (χ2n) is 3.97. The molecule has 2 aromatic rings. The van der Waals surface area contributed by atoms with Gasteiger partial charge in [-0.2, -0.15) is 0 Å². The van der Waals surface area contributed by atoms with Crippen molar-refractivity contribution < 1.29 is 4.79 Å². The largest absolute Gasteiger partial charge is 0.350 e. The van der Waals surface area contributed by atoms with Crippen LogP contribution in [-0.4, -0.2) is 22.4 Å². The molecule has 7 heteroatoms. The smallest absolute Gasteiger partial charge is 0.271 e. The van der Waals surface area contributed by atoms with Crippen molar-refractivity contribution >= 4 is 40.7 Å². The average molecular weight is 331 g/mol. The van der Waals surface area contributed by atoms with Crippen LogP contribution in [0.3, 0.4) is 0 Å². The van der Waals surface area contributed by atoms with Crippen molar-refractivity contribution in [3.8, 4) is 0 Å². The summed E-state index contributed by atoms with van der Waals surface area (Å²) in [7, 11) is 0. The maximum Gasteiger partial charge on any atom is 0.271 e. The van der Waals surface area contributed by atoms with Crippen molar-refractivity contribution in [1.82, 2.24) is 15.3 Å². The Hall–Kier alpha value is -1.36. The van der Waals surface area contributed by atoms with Crippen LogP contribution in [0.1, 0.15) is 16.1 Å². The van der Waals surface area contributed by atoms with Crippen LogP contribution in [0.15, 0.2) is 30.6 Å². The van der Waals surface area contributed by atoms with Crippen LogP contribution < -0.4 is 5.32 Å². The summed E-state index contributed by atoms with van der Waals surface area (Å²) >= 11 is 17.5. The van der Waals surface area contributed by atoms with E-state index in [-0.39, 0.29) is 16.8 Å². The topological polar surface area (TPSA) is 54.9 Å². The molecule has 0 radical (unpaired) electrons. The van der Waals surface area contributed by atoms with Gasteiger partial charge in [-0.25, -0.2) is 9.97 Å². The zero-order chi connectivity index (χ0) is 14.5. The first-order chi connectivity index (χ1) is 9.56. The number of nitrogens with one attached hydrogen (secondary N) is 1. The standard InChI is InChI=1S/C13H10Cl3N3O/c14-9-2-1-8(10(15)5-9)3-4-17-13(20)11-6-19-12(16)7-18-11/h1-2,5-7H,3-4H2,(H,17,20). The zero-order valence-electron chi connectivity index (χ0n) is 10.2. The normalized spacial score (nSPS) is 10.3. The number of carbonyl (C=O) groups excluding carboxylic acids is 1. The predicted molar refractivity (Wildman–Crippen MR) is 79.5 cm³/mol. The minimum absolute atomic E-state index is 0.219. The predicted octanol–water partition coefficient (Wildman–Crippen LogP) is 3.41. The maximum atomic E-state index is 11.8. The average Bonchev–Trinajstić information content (AvgIpc) is 2.42. The second-order valence-corrected chi connectivity index (χ2v) is 5.20. The molecular formula is C13H10Cl3N3O. The van der Waals surface area contributed by atoms with Gasteiger partial charge in [-0.1, -0.05) is 40.9 Å². The van der Waals surface area contributed by atoms with Gasteiger partial charge in [0.15, 0.2) is 0 Å². The summed E-state index contributed by atoms with van der Waals surface area (Å²) in [5.74, 6) is -0.306. The third-order valence-electron chi connectivity index (χ3n) is 2.55. The summed E-state index contributed by atoms with van der Waals surface area (Å²) in [6.45, 7) is 0.435. The highest BCUT2D eigenvalue weighted by molar-refractivity contribution is 6.35. The molecule has 0 aliphatic heterocycles. The molecule has 1 N–H and O–H groups in total. The molecule has 0 saturated carbocycles. The second kappa shape index (κ2) is 6.88. The Labute approximate surface area is 131 Å². The number of hydrogen-bond donors (Lipinski definition) is 1. The number of halogens is 3. The first-order valence-corrected chi connectivity index (χ1v) is 6.89. The molecule has 0 saturated heterocycles. The monoisotopic (exact) mass is 329 g/mol. The number of rotatable bonds is 4. The van der Waals surface area contributed by atoms with Gasteiger partial charge in [0.1, 0.15) is 10.8 Å². The van der Waals surface area contributed by atoms with Gasteiger partial charge in [0.25, 0.3) is 5.91 Å². The molecular weight excluding hydrogens is 321 g/mol. The first kappa shape index (κ1) is 15.0. The molecule has 4 nitrogen and oxygen atoms in total. The van der Waals surface area contributed by atoms with E-state index in [0.717, 1.165) is 5.56 Å².